The fraction of sp³-hybridized carbons (Fsp3) is 0.0408. The Hall–Kier alpha value is -6.31. The molecule has 0 spiro atoms. The average Bonchev–Trinajstić information content (AvgIpc) is 3.19. The van der Waals surface area contributed by atoms with Gasteiger partial charge in [0.05, 0.1) is 11.4 Å². The molecule has 0 amide bonds. The molecule has 1 nitrogen and oxygen atoms in total. The Morgan fingerprint density at radius 3 is 1.22 bits per heavy atom. The van der Waals surface area contributed by atoms with Gasteiger partial charge in [-0.2, -0.15) is 0 Å². The van der Waals surface area contributed by atoms with Gasteiger partial charge in [-0.3, -0.25) is 0 Å². The summed E-state index contributed by atoms with van der Waals surface area (Å²) in [5.74, 6) is 0. The third kappa shape index (κ3) is 6.55. The van der Waals surface area contributed by atoms with Crippen LogP contribution in [0, 0.1) is 13.8 Å². The van der Waals surface area contributed by atoms with Crippen molar-refractivity contribution in [1.82, 2.24) is 4.98 Å². The van der Waals surface area contributed by atoms with Crippen LogP contribution in [0.4, 0.5) is 0 Å². The highest BCUT2D eigenvalue weighted by molar-refractivity contribution is 5.83. The molecule has 238 valence electrons. The lowest BCUT2D eigenvalue weighted by molar-refractivity contribution is 1.32. The SMILES string of the molecule is Cc1ccc(C)c(-c2cccc(-c3cc(-c4ccc(-c5cc(-c6ccccc6)cc(-c6ccccc6)c5)cc4)cc(-c4ccccc4)n3)c2)c1. The first kappa shape index (κ1) is 31.0. The second-order valence-electron chi connectivity index (χ2n) is 13.0. The van der Waals surface area contributed by atoms with Crippen LogP contribution in [0.15, 0.2) is 188 Å². The molecule has 0 unspecified atom stereocenters. The molecule has 7 aromatic carbocycles. The van der Waals surface area contributed by atoms with Crippen LogP contribution in [0.3, 0.4) is 0 Å². The molecule has 0 saturated carbocycles. The lowest BCUT2D eigenvalue weighted by Crippen LogP contribution is -1.92. The molecule has 0 saturated heterocycles. The number of aryl methyl sites for hydroxylation is 2. The molecule has 0 atom stereocenters. The number of hydrogen-bond donors (Lipinski definition) is 0. The quantitative estimate of drug-likeness (QED) is 0.169. The summed E-state index contributed by atoms with van der Waals surface area (Å²) in [6, 6.07) is 67.5. The summed E-state index contributed by atoms with van der Waals surface area (Å²) < 4.78 is 0. The summed E-state index contributed by atoms with van der Waals surface area (Å²) in [4.78, 5) is 5.22. The van der Waals surface area contributed by atoms with E-state index in [1.807, 2.05) is 0 Å². The van der Waals surface area contributed by atoms with Crippen molar-refractivity contribution in [3.8, 4) is 78.1 Å². The molecule has 1 heterocycles. The van der Waals surface area contributed by atoms with Crippen LogP contribution in [0.5, 0.6) is 0 Å². The number of rotatable bonds is 7. The van der Waals surface area contributed by atoms with Crippen molar-refractivity contribution in [2.45, 2.75) is 13.8 Å². The van der Waals surface area contributed by atoms with Gasteiger partial charge in [0.25, 0.3) is 0 Å². The minimum Gasteiger partial charge on any atom is -0.248 e. The lowest BCUT2D eigenvalue weighted by Gasteiger charge is -2.14. The zero-order valence-electron chi connectivity index (χ0n) is 28.3. The first-order valence-corrected chi connectivity index (χ1v) is 17.2. The summed E-state index contributed by atoms with van der Waals surface area (Å²) >= 11 is 0. The Bertz CT molecular complexity index is 2350. The van der Waals surface area contributed by atoms with Gasteiger partial charge in [-0.15, -0.1) is 0 Å². The topological polar surface area (TPSA) is 12.9 Å². The second-order valence-corrected chi connectivity index (χ2v) is 13.0. The first-order valence-electron chi connectivity index (χ1n) is 17.2. The first-order chi connectivity index (χ1) is 24.6. The van der Waals surface area contributed by atoms with E-state index < -0.39 is 0 Å². The van der Waals surface area contributed by atoms with Crippen LogP contribution in [-0.2, 0) is 0 Å². The Kier molecular flexibility index (Phi) is 8.47. The Labute approximate surface area is 295 Å². The fourth-order valence-corrected chi connectivity index (χ4v) is 6.74. The van der Waals surface area contributed by atoms with Crippen LogP contribution in [0.2, 0.25) is 0 Å². The highest BCUT2D eigenvalue weighted by atomic mass is 14.7. The van der Waals surface area contributed by atoms with Gasteiger partial charge in [0, 0.05) is 11.1 Å². The Morgan fingerprint density at radius 1 is 0.280 bits per heavy atom. The molecule has 50 heavy (non-hydrogen) atoms. The van der Waals surface area contributed by atoms with E-state index in [4.69, 9.17) is 4.98 Å². The number of benzene rings is 7. The van der Waals surface area contributed by atoms with Gasteiger partial charge in [-0.05, 0) is 111 Å². The van der Waals surface area contributed by atoms with Gasteiger partial charge in [0.2, 0.25) is 0 Å². The van der Waals surface area contributed by atoms with Crippen LogP contribution in [0.1, 0.15) is 11.1 Å². The van der Waals surface area contributed by atoms with Crippen molar-refractivity contribution in [2.75, 3.05) is 0 Å². The largest absolute Gasteiger partial charge is 0.248 e. The van der Waals surface area contributed by atoms with E-state index >= 15 is 0 Å². The van der Waals surface area contributed by atoms with Crippen molar-refractivity contribution in [1.29, 1.82) is 0 Å². The highest BCUT2D eigenvalue weighted by Gasteiger charge is 2.12. The molecule has 0 fully saturated rings. The van der Waals surface area contributed by atoms with Gasteiger partial charge < -0.3 is 0 Å². The number of pyridine rings is 1. The molecule has 1 aromatic heterocycles. The second kappa shape index (κ2) is 13.7. The molecular weight excluding hydrogens is 603 g/mol. The summed E-state index contributed by atoms with van der Waals surface area (Å²) in [5.41, 5.74) is 18.6. The summed E-state index contributed by atoms with van der Waals surface area (Å²) in [7, 11) is 0. The van der Waals surface area contributed by atoms with Crippen molar-refractivity contribution in [3.05, 3.63) is 199 Å². The monoisotopic (exact) mass is 639 g/mol. The zero-order chi connectivity index (χ0) is 33.9. The van der Waals surface area contributed by atoms with Crippen LogP contribution in [-0.4, -0.2) is 4.98 Å². The normalized spacial score (nSPS) is 11.0. The van der Waals surface area contributed by atoms with Crippen molar-refractivity contribution in [3.63, 3.8) is 0 Å². The van der Waals surface area contributed by atoms with Gasteiger partial charge in [0.15, 0.2) is 0 Å². The van der Waals surface area contributed by atoms with Crippen molar-refractivity contribution < 1.29 is 0 Å². The number of nitrogens with zero attached hydrogens (tertiary/aromatic N) is 1. The maximum Gasteiger partial charge on any atom is 0.0715 e. The van der Waals surface area contributed by atoms with E-state index in [2.05, 4.69) is 202 Å². The molecule has 8 aromatic rings. The van der Waals surface area contributed by atoms with Crippen LogP contribution < -0.4 is 0 Å². The lowest BCUT2D eigenvalue weighted by atomic mass is 9.92. The Morgan fingerprint density at radius 2 is 0.680 bits per heavy atom. The summed E-state index contributed by atoms with van der Waals surface area (Å²) in [5, 5.41) is 0. The van der Waals surface area contributed by atoms with E-state index in [1.165, 1.54) is 55.6 Å². The molecule has 0 aliphatic rings. The fourth-order valence-electron chi connectivity index (χ4n) is 6.74. The maximum absolute atomic E-state index is 5.22. The third-order valence-electron chi connectivity index (χ3n) is 9.46. The van der Waals surface area contributed by atoms with Gasteiger partial charge >= 0.3 is 0 Å². The van der Waals surface area contributed by atoms with Gasteiger partial charge in [0.1, 0.15) is 0 Å². The molecule has 0 aliphatic heterocycles. The summed E-state index contributed by atoms with van der Waals surface area (Å²) in [6.07, 6.45) is 0. The van der Waals surface area contributed by atoms with E-state index in [-0.39, 0.29) is 0 Å². The number of hydrogen-bond acceptors (Lipinski definition) is 1. The van der Waals surface area contributed by atoms with Crippen LogP contribution >= 0.6 is 0 Å². The smallest absolute Gasteiger partial charge is 0.0715 e. The minimum absolute atomic E-state index is 0.959. The van der Waals surface area contributed by atoms with Gasteiger partial charge in [-0.1, -0.05) is 157 Å². The van der Waals surface area contributed by atoms with Gasteiger partial charge in [-0.25, -0.2) is 4.98 Å². The average molecular weight is 640 g/mol. The van der Waals surface area contributed by atoms with E-state index in [9.17, 15) is 0 Å². The molecule has 1 heteroatoms. The van der Waals surface area contributed by atoms with E-state index in [1.54, 1.807) is 0 Å². The highest BCUT2D eigenvalue weighted by Crippen LogP contribution is 2.36. The van der Waals surface area contributed by atoms with Crippen LogP contribution in [0.25, 0.3) is 78.1 Å². The molecular formula is C49H37N. The molecule has 0 N–H and O–H groups in total. The standard InChI is InChI=1S/C49H37N/c1-34-21-22-35(2)47(27-34)41-19-12-20-42(28-41)49-33-46(32-48(50-49)40-17-10-5-11-18-40)39-25-23-38(24-26-39)45-30-43(36-13-6-3-7-14-36)29-44(31-45)37-15-8-4-9-16-37/h3-33H,1-2H3. The third-order valence-corrected chi connectivity index (χ3v) is 9.46. The predicted octanol–water partition coefficient (Wildman–Crippen LogP) is 13.4. The predicted molar refractivity (Wildman–Crippen MR) is 212 cm³/mol. The van der Waals surface area contributed by atoms with E-state index in [0.29, 0.717) is 0 Å². The number of aromatic nitrogens is 1. The molecule has 0 radical (unpaired) electrons. The molecule has 0 bridgehead atoms. The van der Waals surface area contributed by atoms with Crippen molar-refractivity contribution in [2.24, 2.45) is 0 Å². The molecule has 0 aliphatic carbocycles. The zero-order valence-corrected chi connectivity index (χ0v) is 28.3. The molecule has 8 rings (SSSR count). The minimum atomic E-state index is 0.959. The Balaban J connectivity index is 1.21. The summed E-state index contributed by atoms with van der Waals surface area (Å²) in [6.45, 7) is 4.33. The van der Waals surface area contributed by atoms with E-state index in [0.717, 1.165) is 33.6 Å². The maximum atomic E-state index is 5.22. The van der Waals surface area contributed by atoms with Crippen molar-refractivity contribution >= 4 is 0 Å².